The molecule has 0 spiro atoms. The molecular formula is C17H22N2O5. The summed E-state index contributed by atoms with van der Waals surface area (Å²) in [6.45, 7) is 0.841. The number of pyridine rings is 1. The van der Waals surface area contributed by atoms with Gasteiger partial charge in [-0.25, -0.2) is 0 Å². The van der Waals surface area contributed by atoms with Gasteiger partial charge < -0.3 is 19.3 Å². The minimum atomic E-state index is -0.985. The summed E-state index contributed by atoms with van der Waals surface area (Å²) in [6, 6.07) is 1.18. The van der Waals surface area contributed by atoms with Gasteiger partial charge in [-0.05, 0) is 37.3 Å². The second-order valence-electron chi connectivity index (χ2n) is 6.43. The summed E-state index contributed by atoms with van der Waals surface area (Å²) in [5.41, 5.74) is 1.89. The second kappa shape index (κ2) is 6.76. The average Bonchev–Trinajstić information content (AvgIpc) is 2.57. The van der Waals surface area contributed by atoms with Crippen LogP contribution >= 0.6 is 0 Å². The van der Waals surface area contributed by atoms with Crippen molar-refractivity contribution in [2.75, 3.05) is 19.8 Å². The van der Waals surface area contributed by atoms with Gasteiger partial charge in [0.25, 0.3) is 11.5 Å². The first-order chi connectivity index (χ1) is 11.5. The highest BCUT2D eigenvalue weighted by atomic mass is 16.5. The Morgan fingerprint density at radius 3 is 2.83 bits per heavy atom. The van der Waals surface area contributed by atoms with E-state index >= 15 is 0 Å². The fourth-order valence-corrected chi connectivity index (χ4v) is 3.59. The molecule has 2 aliphatic rings. The minimum absolute atomic E-state index is 0.135. The predicted octanol–water partition coefficient (Wildman–Crippen LogP) is 0.580. The summed E-state index contributed by atoms with van der Waals surface area (Å²) < 4.78 is 6.88. The highest BCUT2D eigenvalue weighted by Crippen LogP contribution is 2.21. The minimum Gasteiger partial charge on any atom is -0.481 e. The number of amides is 1. The van der Waals surface area contributed by atoms with Crippen LogP contribution in [-0.2, 0) is 29.4 Å². The van der Waals surface area contributed by atoms with Gasteiger partial charge in [0.1, 0.15) is 5.56 Å². The number of aryl methyl sites for hydroxylation is 1. The maximum Gasteiger partial charge on any atom is 0.305 e. The van der Waals surface area contributed by atoms with Crippen LogP contribution in [0.15, 0.2) is 10.9 Å². The number of carbonyl (C=O) groups is 2. The summed E-state index contributed by atoms with van der Waals surface area (Å²) in [6.07, 6.45) is 3.65. The zero-order chi connectivity index (χ0) is 17.3. The third-order valence-electron chi connectivity index (χ3n) is 4.87. The molecule has 1 aromatic rings. The molecule has 1 aromatic heterocycles. The normalized spacial score (nSPS) is 20.5. The van der Waals surface area contributed by atoms with Crippen LogP contribution in [0.25, 0.3) is 0 Å². The molecule has 2 heterocycles. The van der Waals surface area contributed by atoms with Crippen molar-refractivity contribution in [2.24, 2.45) is 7.05 Å². The molecule has 1 saturated heterocycles. The molecule has 1 atom stereocenters. The molecule has 0 bridgehead atoms. The van der Waals surface area contributed by atoms with Gasteiger partial charge in [0, 0.05) is 19.3 Å². The standard InChI is InChI=1S/C17H22N2O5/c1-18-14-5-3-2-4-11(14)8-13(16(18)22)17(23)19-6-7-24-10-12(19)9-15(20)21/h8,12H,2-7,9-10H2,1H3,(H,20,21). The number of carboxylic acid groups (broad SMARTS) is 1. The van der Waals surface area contributed by atoms with Gasteiger partial charge in [0.15, 0.2) is 0 Å². The van der Waals surface area contributed by atoms with E-state index in [9.17, 15) is 14.4 Å². The van der Waals surface area contributed by atoms with E-state index in [4.69, 9.17) is 9.84 Å². The van der Waals surface area contributed by atoms with E-state index in [1.807, 2.05) is 0 Å². The summed E-state index contributed by atoms with van der Waals surface area (Å²) in [4.78, 5) is 38.0. The van der Waals surface area contributed by atoms with Crippen LogP contribution in [0, 0.1) is 0 Å². The molecule has 1 amide bonds. The van der Waals surface area contributed by atoms with Crippen LogP contribution in [0.2, 0.25) is 0 Å². The Labute approximate surface area is 139 Å². The monoisotopic (exact) mass is 334 g/mol. The summed E-state index contributed by atoms with van der Waals surface area (Å²) in [7, 11) is 1.71. The van der Waals surface area contributed by atoms with Crippen molar-refractivity contribution >= 4 is 11.9 Å². The highest BCUT2D eigenvalue weighted by molar-refractivity contribution is 5.94. The van der Waals surface area contributed by atoms with Crippen molar-refractivity contribution in [1.82, 2.24) is 9.47 Å². The SMILES string of the molecule is Cn1c2c(cc(C(=O)N3CCOCC3CC(=O)O)c1=O)CCCC2. The second-order valence-corrected chi connectivity index (χ2v) is 6.43. The first-order valence-electron chi connectivity index (χ1n) is 8.31. The maximum absolute atomic E-state index is 12.9. The number of ether oxygens (including phenoxy) is 1. The fraction of sp³-hybridized carbons (Fsp3) is 0.588. The number of fused-ring (bicyclic) bond motifs is 1. The third-order valence-corrected chi connectivity index (χ3v) is 4.87. The fourth-order valence-electron chi connectivity index (χ4n) is 3.59. The maximum atomic E-state index is 12.9. The van der Waals surface area contributed by atoms with Crippen LogP contribution < -0.4 is 5.56 Å². The van der Waals surface area contributed by atoms with E-state index in [1.165, 1.54) is 4.90 Å². The quantitative estimate of drug-likeness (QED) is 0.873. The van der Waals surface area contributed by atoms with Crippen LogP contribution in [0.5, 0.6) is 0 Å². The van der Waals surface area contributed by atoms with Gasteiger partial charge >= 0.3 is 5.97 Å². The average molecular weight is 334 g/mol. The topological polar surface area (TPSA) is 88.8 Å². The molecule has 7 nitrogen and oxygen atoms in total. The van der Waals surface area contributed by atoms with Crippen molar-refractivity contribution in [3.63, 3.8) is 0 Å². The number of hydrogen-bond donors (Lipinski definition) is 1. The largest absolute Gasteiger partial charge is 0.481 e. The zero-order valence-electron chi connectivity index (χ0n) is 13.8. The summed E-state index contributed by atoms with van der Waals surface area (Å²) in [5, 5.41) is 9.03. The summed E-state index contributed by atoms with van der Waals surface area (Å²) in [5.74, 6) is -1.37. The number of aliphatic carboxylic acids is 1. The molecule has 24 heavy (non-hydrogen) atoms. The Morgan fingerprint density at radius 1 is 1.33 bits per heavy atom. The molecule has 1 N–H and O–H groups in total. The molecule has 0 radical (unpaired) electrons. The first kappa shape index (κ1) is 16.7. The first-order valence-corrected chi connectivity index (χ1v) is 8.31. The highest BCUT2D eigenvalue weighted by Gasteiger charge is 2.32. The lowest BCUT2D eigenvalue weighted by molar-refractivity contribution is -0.139. The lowest BCUT2D eigenvalue weighted by Gasteiger charge is -2.35. The van der Waals surface area contributed by atoms with E-state index in [0.717, 1.165) is 36.9 Å². The van der Waals surface area contributed by atoms with Crippen molar-refractivity contribution in [1.29, 1.82) is 0 Å². The van der Waals surface area contributed by atoms with Gasteiger partial charge in [-0.2, -0.15) is 0 Å². The van der Waals surface area contributed by atoms with Crippen molar-refractivity contribution in [3.05, 3.63) is 33.2 Å². The molecule has 130 valence electrons. The Kier molecular flexibility index (Phi) is 4.71. The van der Waals surface area contributed by atoms with Crippen LogP contribution in [0.4, 0.5) is 0 Å². The number of carbonyl (C=O) groups excluding carboxylic acids is 1. The number of morpholine rings is 1. The number of rotatable bonds is 3. The van der Waals surface area contributed by atoms with E-state index in [1.54, 1.807) is 17.7 Å². The summed E-state index contributed by atoms with van der Waals surface area (Å²) >= 11 is 0. The molecule has 1 aliphatic carbocycles. The predicted molar refractivity (Wildman–Crippen MR) is 86.2 cm³/mol. The lowest BCUT2D eigenvalue weighted by atomic mass is 9.94. The van der Waals surface area contributed by atoms with Gasteiger partial charge in [-0.3, -0.25) is 14.4 Å². The molecule has 3 rings (SSSR count). The van der Waals surface area contributed by atoms with Gasteiger partial charge in [-0.1, -0.05) is 0 Å². The number of carboxylic acids is 1. The number of hydrogen-bond acceptors (Lipinski definition) is 4. The Balaban J connectivity index is 1.95. The smallest absolute Gasteiger partial charge is 0.305 e. The number of nitrogens with zero attached hydrogens (tertiary/aromatic N) is 2. The number of aromatic nitrogens is 1. The van der Waals surface area contributed by atoms with E-state index in [-0.39, 0.29) is 24.2 Å². The third kappa shape index (κ3) is 3.08. The van der Waals surface area contributed by atoms with Crippen LogP contribution in [-0.4, -0.2) is 52.3 Å². The zero-order valence-corrected chi connectivity index (χ0v) is 13.8. The Hall–Kier alpha value is -2.15. The van der Waals surface area contributed by atoms with Crippen LogP contribution in [0.1, 0.15) is 40.9 Å². The molecular weight excluding hydrogens is 312 g/mol. The molecule has 1 unspecified atom stereocenters. The molecule has 0 saturated carbocycles. The molecule has 0 aromatic carbocycles. The molecule has 7 heteroatoms. The van der Waals surface area contributed by atoms with E-state index in [0.29, 0.717) is 13.2 Å². The Morgan fingerprint density at radius 2 is 2.08 bits per heavy atom. The van der Waals surface area contributed by atoms with E-state index in [2.05, 4.69) is 0 Å². The van der Waals surface area contributed by atoms with Gasteiger partial charge in [-0.15, -0.1) is 0 Å². The molecule has 1 aliphatic heterocycles. The lowest BCUT2D eigenvalue weighted by Crippen LogP contribution is -2.51. The van der Waals surface area contributed by atoms with Crippen molar-refractivity contribution < 1.29 is 19.4 Å². The van der Waals surface area contributed by atoms with Crippen LogP contribution in [0.3, 0.4) is 0 Å². The Bertz CT molecular complexity index is 724. The van der Waals surface area contributed by atoms with Gasteiger partial charge in [0.05, 0.1) is 25.7 Å². The van der Waals surface area contributed by atoms with E-state index < -0.39 is 17.9 Å². The van der Waals surface area contributed by atoms with Crippen molar-refractivity contribution in [2.45, 2.75) is 38.1 Å². The van der Waals surface area contributed by atoms with Gasteiger partial charge in [0.2, 0.25) is 0 Å². The molecule has 1 fully saturated rings. The van der Waals surface area contributed by atoms with Crippen molar-refractivity contribution in [3.8, 4) is 0 Å².